The summed E-state index contributed by atoms with van der Waals surface area (Å²) in [4.78, 5) is 26.5. The van der Waals surface area contributed by atoms with Crippen molar-refractivity contribution in [3.8, 4) is 0 Å². The van der Waals surface area contributed by atoms with Crippen LogP contribution >= 0.6 is 22.9 Å². The Labute approximate surface area is 143 Å². The second kappa shape index (κ2) is 6.60. The van der Waals surface area contributed by atoms with E-state index in [1.807, 2.05) is 12.1 Å². The molecule has 0 radical (unpaired) electrons. The lowest BCUT2D eigenvalue weighted by Crippen LogP contribution is -2.30. The minimum atomic E-state index is -0.153. The summed E-state index contributed by atoms with van der Waals surface area (Å²) in [5.41, 5.74) is 7.17. The number of nitrogens with zero attached hydrogens (tertiary/aromatic N) is 1. The van der Waals surface area contributed by atoms with E-state index in [1.54, 1.807) is 29.2 Å². The van der Waals surface area contributed by atoms with Gasteiger partial charge in [-0.15, -0.1) is 11.3 Å². The number of anilines is 2. The quantitative estimate of drug-likeness (QED) is 0.833. The normalized spacial score (nSPS) is 17.5. The molecule has 1 aliphatic rings. The number of nitrogens with two attached hydrogens (primary N) is 1. The first-order valence-corrected chi connectivity index (χ1v) is 8.42. The second-order valence-electron chi connectivity index (χ2n) is 5.48. The zero-order valence-electron chi connectivity index (χ0n) is 12.3. The van der Waals surface area contributed by atoms with Crippen molar-refractivity contribution < 1.29 is 9.59 Å². The molecule has 1 fully saturated rings. The number of halogens is 1. The number of benzene rings is 1. The van der Waals surface area contributed by atoms with Crippen molar-refractivity contribution >= 4 is 46.1 Å². The minimum Gasteiger partial charge on any atom is -0.399 e. The Balaban J connectivity index is 1.57. The Morgan fingerprint density at radius 1 is 1.30 bits per heavy atom. The zero-order chi connectivity index (χ0) is 16.4. The van der Waals surface area contributed by atoms with Gasteiger partial charge in [0, 0.05) is 36.8 Å². The fourth-order valence-electron chi connectivity index (χ4n) is 2.58. The van der Waals surface area contributed by atoms with Crippen LogP contribution in [0.3, 0.4) is 0 Å². The van der Waals surface area contributed by atoms with Crippen LogP contribution in [0.4, 0.5) is 11.4 Å². The van der Waals surface area contributed by atoms with Crippen LogP contribution in [0, 0.1) is 5.92 Å². The van der Waals surface area contributed by atoms with Crippen molar-refractivity contribution in [3.05, 3.63) is 45.6 Å². The monoisotopic (exact) mass is 349 g/mol. The van der Waals surface area contributed by atoms with Crippen molar-refractivity contribution in [2.24, 2.45) is 5.92 Å². The number of amides is 2. The maximum absolute atomic E-state index is 12.2. The van der Waals surface area contributed by atoms with Gasteiger partial charge in [-0.3, -0.25) is 9.59 Å². The third kappa shape index (κ3) is 3.65. The van der Waals surface area contributed by atoms with Crippen LogP contribution in [0.15, 0.2) is 36.4 Å². The highest BCUT2D eigenvalue weighted by atomic mass is 35.5. The summed E-state index contributed by atoms with van der Waals surface area (Å²) in [5.74, 6) is 0.00732. The highest BCUT2D eigenvalue weighted by Gasteiger charge is 2.30. The van der Waals surface area contributed by atoms with Gasteiger partial charge in [0.25, 0.3) is 5.91 Å². The van der Waals surface area contributed by atoms with E-state index in [2.05, 4.69) is 5.32 Å². The van der Waals surface area contributed by atoms with Gasteiger partial charge in [-0.2, -0.15) is 0 Å². The second-order valence-corrected chi connectivity index (χ2v) is 7.19. The van der Waals surface area contributed by atoms with Crippen LogP contribution in [-0.2, 0) is 4.79 Å². The summed E-state index contributed by atoms with van der Waals surface area (Å²) in [6, 6.07) is 10.6. The maximum Gasteiger partial charge on any atom is 0.261 e. The molecule has 0 saturated carbocycles. The molecule has 2 heterocycles. The number of carbonyl (C=O) groups is 2. The lowest BCUT2D eigenvalue weighted by Gasteiger charge is -2.17. The number of hydrogen-bond donors (Lipinski definition) is 2. The molecule has 1 aromatic heterocycles. The first kappa shape index (κ1) is 15.8. The van der Waals surface area contributed by atoms with Crippen LogP contribution in [0.5, 0.6) is 0 Å². The summed E-state index contributed by atoms with van der Waals surface area (Å²) in [6.07, 6.45) is 0.426. The lowest BCUT2D eigenvalue weighted by molar-refractivity contribution is -0.117. The third-order valence-electron chi connectivity index (χ3n) is 3.76. The van der Waals surface area contributed by atoms with Crippen LogP contribution in [-0.4, -0.2) is 24.9 Å². The summed E-state index contributed by atoms with van der Waals surface area (Å²) >= 11 is 7.07. The van der Waals surface area contributed by atoms with E-state index in [4.69, 9.17) is 17.3 Å². The number of hydrogen-bond acceptors (Lipinski definition) is 4. The Hall–Kier alpha value is -2.05. The molecule has 2 aromatic rings. The molecule has 1 aromatic carbocycles. The fourth-order valence-corrected chi connectivity index (χ4v) is 3.54. The predicted octanol–water partition coefficient (Wildman–Crippen LogP) is 2.77. The van der Waals surface area contributed by atoms with Gasteiger partial charge < -0.3 is 16.0 Å². The highest BCUT2D eigenvalue weighted by molar-refractivity contribution is 7.17. The van der Waals surface area contributed by atoms with Gasteiger partial charge in [0.05, 0.1) is 9.21 Å². The molecule has 3 rings (SSSR count). The Morgan fingerprint density at radius 2 is 2.04 bits per heavy atom. The first-order chi connectivity index (χ1) is 11.0. The molecule has 0 spiro atoms. The van der Waals surface area contributed by atoms with E-state index >= 15 is 0 Å². The summed E-state index contributed by atoms with van der Waals surface area (Å²) in [6.45, 7) is 1.06. The van der Waals surface area contributed by atoms with Crippen molar-refractivity contribution in [2.45, 2.75) is 6.42 Å². The standard InChI is InChI=1S/C16H16ClN3O2S/c17-14-6-5-13(23-14)16(22)19-8-10-7-15(21)20(9-10)12-3-1-11(18)2-4-12/h1-6,10H,7-9,18H2,(H,19,22)/t10-/m0/s1. The average Bonchev–Trinajstić information content (AvgIpc) is 3.12. The largest absolute Gasteiger partial charge is 0.399 e. The molecular weight excluding hydrogens is 334 g/mol. The predicted molar refractivity (Wildman–Crippen MR) is 93.0 cm³/mol. The van der Waals surface area contributed by atoms with E-state index in [0.29, 0.717) is 34.4 Å². The molecule has 1 aliphatic heterocycles. The summed E-state index contributed by atoms with van der Waals surface area (Å²) in [7, 11) is 0. The van der Waals surface area contributed by atoms with Crippen LogP contribution < -0.4 is 16.0 Å². The van der Waals surface area contributed by atoms with Gasteiger partial charge in [0.2, 0.25) is 5.91 Å². The molecule has 120 valence electrons. The van der Waals surface area contributed by atoms with Gasteiger partial charge in [-0.05, 0) is 36.4 Å². The lowest BCUT2D eigenvalue weighted by atomic mass is 10.1. The molecule has 0 aliphatic carbocycles. The molecule has 7 heteroatoms. The number of nitrogens with one attached hydrogen (secondary N) is 1. The van der Waals surface area contributed by atoms with Gasteiger partial charge >= 0.3 is 0 Å². The first-order valence-electron chi connectivity index (χ1n) is 7.22. The Kier molecular flexibility index (Phi) is 4.54. The molecule has 1 saturated heterocycles. The highest BCUT2D eigenvalue weighted by Crippen LogP contribution is 2.26. The van der Waals surface area contributed by atoms with Crippen LogP contribution in [0.25, 0.3) is 0 Å². The smallest absolute Gasteiger partial charge is 0.261 e. The summed E-state index contributed by atoms with van der Waals surface area (Å²) in [5, 5.41) is 2.87. The fraction of sp³-hybridized carbons (Fsp3) is 0.250. The third-order valence-corrected chi connectivity index (χ3v) is 4.99. The molecule has 0 bridgehead atoms. The van der Waals surface area contributed by atoms with Crippen molar-refractivity contribution in [2.75, 3.05) is 23.7 Å². The van der Waals surface area contributed by atoms with E-state index < -0.39 is 0 Å². The molecule has 1 atom stereocenters. The summed E-state index contributed by atoms with van der Waals surface area (Å²) < 4.78 is 0.584. The van der Waals surface area contributed by atoms with Gasteiger partial charge in [-0.25, -0.2) is 0 Å². The maximum atomic E-state index is 12.2. The van der Waals surface area contributed by atoms with Crippen LogP contribution in [0.2, 0.25) is 4.34 Å². The minimum absolute atomic E-state index is 0.0631. The zero-order valence-corrected chi connectivity index (χ0v) is 13.9. The van der Waals surface area contributed by atoms with Gasteiger partial charge in [-0.1, -0.05) is 11.6 Å². The number of thiophene rings is 1. The Morgan fingerprint density at radius 3 is 2.70 bits per heavy atom. The SMILES string of the molecule is Nc1ccc(N2C[C@H](CNC(=O)c3ccc(Cl)s3)CC2=O)cc1. The molecule has 5 nitrogen and oxygen atoms in total. The van der Waals surface area contributed by atoms with E-state index in [1.165, 1.54) is 11.3 Å². The van der Waals surface area contributed by atoms with E-state index in [-0.39, 0.29) is 17.7 Å². The van der Waals surface area contributed by atoms with Gasteiger partial charge in [0.1, 0.15) is 0 Å². The van der Waals surface area contributed by atoms with Crippen molar-refractivity contribution in [1.82, 2.24) is 5.32 Å². The molecule has 2 amide bonds. The van der Waals surface area contributed by atoms with Crippen molar-refractivity contribution in [3.63, 3.8) is 0 Å². The van der Waals surface area contributed by atoms with Crippen molar-refractivity contribution in [1.29, 1.82) is 0 Å². The number of nitrogen functional groups attached to an aromatic ring is 1. The van der Waals surface area contributed by atoms with E-state index in [0.717, 1.165) is 5.69 Å². The average molecular weight is 350 g/mol. The van der Waals surface area contributed by atoms with Crippen LogP contribution in [0.1, 0.15) is 16.1 Å². The molecule has 23 heavy (non-hydrogen) atoms. The van der Waals surface area contributed by atoms with Gasteiger partial charge in [0.15, 0.2) is 0 Å². The number of carbonyl (C=O) groups excluding carboxylic acids is 2. The Bertz CT molecular complexity index is 729. The molecule has 3 N–H and O–H groups in total. The topological polar surface area (TPSA) is 75.4 Å². The molecular formula is C16H16ClN3O2S. The molecule has 0 unspecified atom stereocenters. The number of rotatable bonds is 4. The van der Waals surface area contributed by atoms with E-state index in [9.17, 15) is 9.59 Å².